The van der Waals surface area contributed by atoms with E-state index in [9.17, 15) is 0 Å². The number of hydrogen-bond donors (Lipinski definition) is 2. The highest BCUT2D eigenvalue weighted by Crippen LogP contribution is 2.33. The zero-order valence-corrected chi connectivity index (χ0v) is 11.4. The summed E-state index contributed by atoms with van der Waals surface area (Å²) in [6.45, 7) is 3.13. The van der Waals surface area contributed by atoms with E-state index in [4.69, 9.17) is 9.47 Å². The molecule has 0 amide bonds. The first-order valence-corrected chi connectivity index (χ1v) is 6.44. The molecule has 1 aliphatic heterocycles. The van der Waals surface area contributed by atoms with Gasteiger partial charge in [-0.3, -0.25) is 0 Å². The number of anilines is 3. The second kappa shape index (κ2) is 5.24. The number of nitrogens with zero attached hydrogens (tertiary/aromatic N) is 2. The molecule has 0 atom stereocenters. The van der Waals surface area contributed by atoms with Gasteiger partial charge in [-0.25, -0.2) is 4.98 Å². The summed E-state index contributed by atoms with van der Waals surface area (Å²) in [4.78, 5) is 8.56. The normalized spacial score (nSPS) is 12.9. The van der Waals surface area contributed by atoms with Gasteiger partial charge in [-0.05, 0) is 19.1 Å². The van der Waals surface area contributed by atoms with Crippen molar-refractivity contribution >= 4 is 17.5 Å². The highest BCUT2D eigenvalue weighted by molar-refractivity contribution is 5.63. The van der Waals surface area contributed by atoms with Crippen LogP contribution in [0.3, 0.4) is 0 Å². The van der Waals surface area contributed by atoms with Gasteiger partial charge in [0.1, 0.15) is 19.0 Å². The van der Waals surface area contributed by atoms with Gasteiger partial charge in [0.25, 0.3) is 0 Å². The van der Waals surface area contributed by atoms with Gasteiger partial charge in [-0.2, -0.15) is 4.98 Å². The van der Waals surface area contributed by atoms with Crippen LogP contribution in [0.5, 0.6) is 11.5 Å². The van der Waals surface area contributed by atoms with Crippen molar-refractivity contribution in [2.75, 3.05) is 30.9 Å². The molecule has 0 spiro atoms. The second-order valence-corrected chi connectivity index (χ2v) is 4.46. The van der Waals surface area contributed by atoms with E-state index in [1.165, 1.54) is 0 Å². The van der Waals surface area contributed by atoms with Crippen molar-refractivity contribution in [2.24, 2.45) is 0 Å². The molecule has 2 N–H and O–H groups in total. The Balaban J connectivity index is 1.87. The van der Waals surface area contributed by atoms with Crippen molar-refractivity contribution in [1.82, 2.24) is 9.97 Å². The van der Waals surface area contributed by atoms with Gasteiger partial charge in [-0.1, -0.05) is 0 Å². The first-order chi connectivity index (χ1) is 9.76. The summed E-state index contributed by atoms with van der Waals surface area (Å²) in [7, 11) is 1.79. The smallest absolute Gasteiger partial charge is 0.224 e. The summed E-state index contributed by atoms with van der Waals surface area (Å²) in [5, 5.41) is 6.19. The van der Waals surface area contributed by atoms with E-state index in [-0.39, 0.29) is 0 Å². The molecule has 1 aromatic heterocycles. The fourth-order valence-corrected chi connectivity index (χ4v) is 1.95. The molecule has 1 aliphatic rings. The molecule has 0 saturated heterocycles. The minimum absolute atomic E-state index is 0.576. The van der Waals surface area contributed by atoms with E-state index in [2.05, 4.69) is 20.6 Å². The third kappa shape index (κ3) is 2.45. The van der Waals surface area contributed by atoms with Crippen molar-refractivity contribution in [3.8, 4) is 11.5 Å². The van der Waals surface area contributed by atoms with E-state index in [1.54, 1.807) is 13.2 Å². The van der Waals surface area contributed by atoms with Crippen LogP contribution >= 0.6 is 0 Å². The maximum atomic E-state index is 5.57. The van der Waals surface area contributed by atoms with E-state index < -0.39 is 0 Å². The standard InChI is InChI=1S/C14H16N4O2/c1-9-8-16-14(15-2)18-13(9)17-10-3-4-11-12(7-10)20-6-5-19-11/h3-4,7-8H,5-6H2,1-2H3,(H2,15,16,17,18). The van der Waals surface area contributed by atoms with Crippen LogP contribution in [0.2, 0.25) is 0 Å². The van der Waals surface area contributed by atoms with Crippen LogP contribution in [0, 0.1) is 6.92 Å². The number of benzene rings is 1. The second-order valence-electron chi connectivity index (χ2n) is 4.46. The Morgan fingerprint density at radius 3 is 2.75 bits per heavy atom. The Labute approximate surface area is 117 Å². The quantitative estimate of drug-likeness (QED) is 0.894. The zero-order valence-electron chi connectivity index (χ0n) is 11.4. The molecule has 0 bridgehead atoms. The summed E-state index contributed by atoms with van der Waals surface area (Å²) in [5.41, 5.74) is 1.87. The van der Waals surface area contributed by atoms with Gasteiger partial charge in [0, 0.05) is 30.6 Å². The lowest BCUT2D eigenvalue weighted by molar-refractivity contribution is 0.171. The van der Waals surface area contributed by atoms with Gasteiger partial charge in [0.2, 0.25) is 5.95 Å². The van der Waals surface area contributed by atoms with Crippen LogP contribution in [-0.2, 0) is 0 Å². The third-order valence-corrected chi connectivity index (χ3v) is 3.00. The van der Waals surface area contributed by atoms with Crippen LogP contribution in [-0.4, -0.2) is 30.2 Å². The minimum atomic E-state index is 0.576. The Hall–Kier alpha value is -2.50. The molecule has 3 rings (SSSR count). The monoisotopic (exact) mass is 272 g/mol. The molecular formula is C14H16N4O2. The van der Waals surface area contributed by atoms with Crippen LogP contribution in [0.15, 0.2) is 24.4 Å². The average molecular weight is 272 g/mol. The Morgan fingerprint density at radius 1 is 1.15 bits per heavy atom. The van der Waals surface area contributed by atoms with E-state index in [1.807, 2.05) is 25.1 Å². The first kappa shape index (κ1) is 12.5. The largest absolute Gasteiger partial charge is 0.486 e. The summed E-state index contributed by atoms with van der Waals surface area (Å²) in [6, 6.07) is 5.75. The summed E-state index contributed by atoms with van der Waals surface area (Å²) in [5.74, 6) is 2.87. The first-order valence-electron chi connectivity index (χ1n) is 6.44. The SMILES string of the molecule is CNc1ncc(C)c(Nc2ccc3c(c2)OCCO3)n1. The summed E-state index contributed by atoms with van der Waals surface area (Å²) < 4.78 is 11.1. The molecule has 0 saturated carbocycles. The molecule has 2 heterocycles. The summed E-state index contributed by atoms with van der Waals surface area (Å²) in [6.07, 6.45) is 1.78. The summed E-state index contributed by atoms with van der Waals surface area (Å²) >= 11 is 0. The fraction of sp³-hybridized carbons (Fsp3) is 0.286. The van der Waals surface area contributed by atoms with E-state index >= 15 is 0 Å². The fourth-order valence-electron chi connectivity index (χ4n) is 1.95. The Kier molecular flexibility index (Phi) is 3.28. The number of nitrogens with one attached hydrogen (secondary N) is 2. The zero-order chi connectivity index (χ0) is 13.9. The molecule has 20 heavy (non-hydrogen) atoms. The topological polar surface area (TPSA) is 68.3 Å². The average Bonchev–Trinajstić information content (AvgIpc) is 2.49. The molecule has 1 aromatic carbocycles. The Morgan fingerprint density at radius 2 is 1.95 bits per heavy atom. The third-order valence-electron chi connectivity index (χ3n) is 3.00. The van der Waals surface area contributed by atoms with Gasteiger partial charge < -0.3 is 20.1 Å². The molecular weight excluding hydrogens is 256 g/mol. The highest BCUT2D eigenvalue weighted by atomic mass is 16.6. The lowest BCUT2D eigenvalue weighted by Gasteiger charge is -2.19. The molecule has 2 aromatic rings. The maximum absolute atomic E-state index is 5.57. The van der Waals surface area contributed by atoms with Crippen molar-refractivity contribution in [1.29, 1.82) is 0 Å². The molecule has 0 aliphatic carbocycles. The maximum Gasteiger partial charge on any atom is 0.224 e. The number of ether oxygens (including phenoxy) is 2. The van der Waals surface area contributed by atoms with Crippen LogP contribution in [0.25, 0.3) is 0 Å². The van der Waals surface area contributed by atoms with Crippen LogP contribution in [0.1, 0.15) is 5.56 Å². The van der Waals surface area contributed by atoms with Crippen molar-refractivity contribution in [3.63, 3.8) is 0 Å². The predicted molar refractivity (Wildman–Crippen MR) is 77.0 cm³/mol. The molecule has 0 unspecified atom stereocenters. The van der Waals surface area contributed by atoms with Gasteiger partial charge in [-0.15, -0.1) is 0 Å². The lowest BCUT2D eigenvalue weighted by Crippen LogP contribution is -2.15. The number of aryl methyl sites for hydroxylation is 1. The predicted octanol–water partition coefficient (Wildman–Crippen LogP) is 2.34. The van der Waals surface area contributed by atoms with Crippen molar-refractivity contribution in [3.05, 3.63) is 30.0 Å². The van der Waals surface area contributed by atoms with Gasteiger partial charge in [0.15, 0.2) is 11.5 Å². The van der Waals surface area contributed by atoms with Crippen LogP contribution < -0.4 is 20.1 Å². The minimum Gasteiger partial charge on any atom is -0.486 e. The molecule has 6 heteroatoms. The van der Waals surface area contributed by atoms with Crippen molar-refractivity contribution < 1.29 is 9.47 Å². The van der Waals surface area contributed by atoms with Crippen molar-refractivity contribution in [2.45, 2.75) is 6.92 Å². The van der Waals surface area contributed by atoms with E-state index in [0.717, 1.165) is 28.6 Å². The molecule has 0 fully saturated rings. The number of aromatic nitrogens is 2. The van der Waals surface area contributed by atoms with E-state index in [0.29, 0.717) is 19.2 Å². The van der Waals surface area contributed by atoms with Gasteiger partial charge >= 0.3 is 0 Å². The van der Waals surface area contributed by atoms with Gasteiger partial charge in [0.05, 0.1) is 0 Å². The number of rotatable bonds is 3. The molecule has 104 valence electrons. The number of fused-ring (bicyclic) bond motifs is 1. The lowest BCUT2D eigenvalue weighted by atomic mass is 10.2. The molecule has 6 nitrogen and oxygen atoms in total. The molecule has 0 radical (unpaired) electrons. The number of hydrogen-bond acceptors (Lipinski definition) is 6. The van der Waals surface area contributed by atoms with Crippen LogP contribution in [0.4, 0.5) is 17.5 Å². The highest BCUT2D eigenvalue weighted by Gasteiger charge is 2.12. The Bertz CT molecular complexity index is 631.